The predicted octanol–water partition coefficient (Wildman–Crippen LogP) is 3.46. The zero-order chi connectivity index (χ0) is 23.5. The molecule has 3 aromatic rings. The number of non-ortho nitro benzene ring substituents is 1. The largest absolute Gasteiger partial charge is 0.450 e. The molecule has 0 radical (unpaired) electrons. The fourth-order valence-corrected chi connectivity index (χ4v) is 3.65. The summed E-state index contributed by atoms with van der Waals surface area (Å²) in [6.45, 7) is -0.0204. The van der Waals surface area contributed by atoms with Crippen LogP contribution in [0.1, 0.15) is 45.5 Å². The molecule has 2 heterocycles. The Balaban J connectivity index is 1.66. The van der Waals surface area contributed by atoms with Crippen molar-refractivity contribution in [1.82, 2.24) is 9.88 Å². The van der Waals surface area contributed by atoms with Crippen molar-refractivity contribution < 1.29 is 28.5 Å². The predicted molar refractivity (Wildman–Crippen MR) is 113 cm³/mol. The van der Waals surface area contributed by atoms with E-state index in [-0.39, 0.29) is 47.9 Å². The van der Waals surface area contributed by atoms with Crippen molar-refractivity contribution in [2.75, 3.05) is 6.61 Å². The monoisotopic (exact) mass is 450 g/mol. The van der Waals surface area contributed by atoms with E-state index in [9.17, 15) is 24.5 Å². The van der Waals surface area contributed by atoms with Crippen LogP contribution in [-0.4, -0.2) is 39.3 Å². The van der Waals surface area contributed by atoms with Gasteiger partial charge < -0.3 is 14.9 Å². The van der Waals surface area contributed by atoms with Crippen LogP contribution in [0.3, 0.4) is 0 Å². The van der Waals surface area contributed by atoms with E-state index in [2.05, 4.69) is 4.98 Å². The molecule has 0 spiro atoms. The molecule has 0 saturated heterocycles. The van der Waals surface area contributed by atoms with Gasteiger partial charge in [-0.05, 0) is 25.0 Å². The van der Waals surface area contributed by atoms with Gasteiger partial charge in [-0.3, -0.25) is 24.6 Å². The number of nitro groups is 1. The zero-order valence-corrected chi connectivity index (χ0v) is 17.2. The molecule has 11 nitrogen and oxygen atoms in total. The SMILES string of the molecule is NC(=O)OCCC[C@@H](c1ncc(-c2cccc([N+](=O)[O-])c2)o1)N1C(=O)c2ccccc2C1=O. The van der Waals surface area contributed by atoms with Gasteiger partial charge >= 0.3 is 6.09 Å². The second kappa shape index (κ2) is 8.91. The maximum Gasteiger partial charge on any atom is 0.404 e. The van der Waals surface area contributed by atoms with Crippen molar-refractivity contribution in [2.45, 2.75) is 18.9 Å². The van der Waals surface area contributed by atoms with Crippen LogP contribution in [0.5, 0.6) is 0 Å². The van der Waals surface area contributed by atoms with Gasteiger partial charge in [-0.1, -0.05) is 24.3 Å². The molecule has 1 aliphatic heterocycles. The lowest BCUT2D eigenvalue weighted by Gasteiger charge is -2.23. The first kappa shape index (κ1) is 21.7. The van der Waals surface area contributed by atoms with Gasteiger partial charge in [0.15, 0.2) is 5.76 Å². The summed E-state index contributed by atoms with van der Waals surface area (Å²) in [6.07, 6.45) is 0.902. The minimum Gasteiger partial charge on any atom is -0.450 e. The molecule has 1 aliphatic rings. The van der Waals surface area contributed by atoms with E-state index < -0.39 is 28.9 Å². The summed E-state index contributed by atoms with van der Waals surface area (Å²) in [5.41, 5.74) is 5.82. The molecule has 0 unspecified atom stereocenters. The zero-order valence-electron chi connectivity index (χ0n) is 17.2. The maximum absolute atomic E-state index is 13.0. The standard InChI is InChI=1S/C22H18N4O7/c23-22(29)32-10-4-9-17(25-20(27)15-7-1-2-8-16(15)21(25)28)19-24-12-18(33-19)13-5-3-6-14(11-13)26(30)31/h1-3,5-8,11-12,17H,4,9-10H2,(H2,23,29)/t17-/m0/s1. The summed E-state index contributed by atoms with van der Waals surface area (Å²) in [7, 11) is 0. The third-order valence-electron chi connectivity index (χ3n) is 5.15. The lowest BCUT2D eigenvalue weighted by atomic mass is 10.1. The molecule has 33 heavy (non-hydrogen) atoms. The number of amides is 3. The Morgan fingerprint density at radius 2 is 1.85 bits per heavy atom. The molecule has 1 aromatic heterocycles. The van der Waals surface area contributed by atoms with Crippen molar-refractivity contribution in [3.05, 3.63) is 81.9 Å². The number of ether oxygens (including phenoxy) is 1. The first-order chi connectivity index (χ1) is 15.9. The van der Waals surface area contributed by atoms with E-state index in [1.807, 2.05) is 0 Å². The average Bonchev–Trinajstić information content (AvgIpc) is 3.39. The Morgan fingerprint density at radius 1 is 1.15 bits per heavy atom. The number of hydrogen-bond acceptors (Lipinski definition) is 8. The quantitative estimate of drug-likeness (QED) is 0.236. The molecule has 168 valence electrons. The number of rotatable bonds is 8. The third-order valence-corrected chi connectivity index (χ3v) is 5.15. The van der Waals surface area contributed by atoms with Gasteiger partial charge in [0.25, 0.3) is 17.5 Å². The maximum atomic E-state index is 13.0. The third kappa shape index (κ3) is 4.28. The van der Waals surface area contributed by atoms with Crippen LogP contribution in [-0.2, 0) is 4.74 Å². The Morgan fingerprint density at radius 3 is 2.48 bits per heavy atom. The van der Waals surface area contributed by atoms with Gasteiger partial charge in [0.1, 0.15) is 6.04 Å². The molecule has 2 aromatic carbocycles. The average molecular weight is 450 g/mol. The molecular formula is C22H18N4O7. The highest BCUT2D eigenvalue weighted by Crippen LogP contribution is 2.35. The van der Waals surface area contributed by atoms with E-state index in [0.717, 1.165) is 4.90 Å². The number of hydrogen-bond donors (Lipinski definition) is 1. The number of primary amides is 1. The number of oxazole rings is 1. The minimum atomic E-state index is -0.934. The molecule has 3 amide bonds. The molecule has 0 fully saturated rings. The molecule has 0 saturated carbocycles. The number of imide groups is 1. The molecule has 0 bridgehead atoms. The number of fused-ring (bicyclic) bond motifs is 1. The van der Waals surface area contributed by atoms with E-state index in [1.54, 1.807) is 30.3 Å². The lowest BCUT2D eigenvalue weighted by molar-refractivity contribution is -0.384. The first-order valence-corrected chi connectivity index (χ1v) is 9.96. The van der Waals surface area contributed by atoms with E-state index in [4.69, 9.17) is 14.9 Å². The summed E-state index contributed by atoms with van der Waals surface area (Å²) >= 11 is 0. The highest BCUT2D eigenvalue weighted by atomic mass is 16.6. The summed E-state index contributed by atoms with van der Waals surface area (Å²) < 4.78 is 10.6. The lowest BCUT2D eigenvalue weighted by Crippen LogP contribution is -2.34. The number of nitrogens with zero attached hydrogens (tertiary/aromatic N) is 3. The number of benzene rings is 2. The van der Waals surface area contributed by atoms with Gasteiger partial charge in [0.05, 0.1) is 28.9 Å². The van der Waals surface area contributed by atoms with Crippen LogP contribution in [0, 0.1) is 10.1 Å². The molecule has 0 aliphatic carbocycles. The van der Waals surface area contributed by atoms with Gasteiger partial charge in [0.2, 0.25) is 5.89 Å². The van der Waals surface area contributed by atoms with Crippen LogP contribution in [0.25, 0.3) is 11.3 Å². The van der Waals surface area contributed by atoms with Crippen LogP contribution in [0.2, 0.25) is 0 Å². The Labute approximate surface area is 186 Å². The number of nitro benzene ring substituents is 1. The Bertz CT molecular complexity index is 1220. The van der Waals surface area contributed by atoms with Crippen molar-refractivity contribution >= 4 is 23.6 Å². The van der Waals surface area contributed by atoms with Crippen molar-refractivity contribution in [3.63, 3.8) is 0 Å². The van der Waals surface area contributed by atoms with Gasteiger partial charge in [-0.15, -0.1) is 0 Å². The first-order valence-electron chi connectivity index (χ1n) is 9.96. The Hall–Kier alpha value is -4.54. The normalized spacial score (nSPS) is 13.6. The molecule has 2 N–H and O–H groups in total. The van der Waals surface area contributed by atoms with Crippen molar-refractivity contribution in [2.24, 2.45) is 5.73 Å². The molecule has 11 heteroatoms. The van der Waals surface area contributed by atoms with E-state index in [1.165, 1.54) is 24.4 Å². The van der Waals surface area contributed by atoms with Crippen LogP contribution in [0.15, 0.2) is 59.1 Å². The molecular weight excluding hydrogens is 432 g/mol. The topological polar surface area (TPSA) is 159 Å². The number of carbonyl (C=O) groups is 3. The second-order valence-electron chi connectivity index (χ2n) is 7.22. The highest BCUT2D eigenvalue weighted by molar-refractivity contribution is 6.21. The smallest absolute Gasteiger partial charge is 0.404 e. The number of nitrogens with two attached hydrogens (primary N) is 1. The fraction of sp³-hybridized carbons (Fsp3) is 0.182. The van der Waals surface area contributed by atoms with Gasteiger partial charge in [0, 0.05) is 17.7 Å². The van der Waals surface area contributed by atoms with E-state index in [0.29, 0.717) is 5.56 Å². The van der Waals surface area contributed by atoms with Crippen molar-refractivity contribution in [3.8, 4) is 11.3 Å². The van der Waals surface area contributed by atoms with Crippen LogP contribution >= 0.6 is 0 Å². The highest BCUT2D eigenvalue weighted by Gasteiger charge is 2.42. The number of carbonyl (C=O) groups excluding carboxylic acids is 3. The minimum absolute atomic E-state index is 0.0204. The van der Waals surface area contributed by atoms with Crippen LogP contribution in [0.4, 0.5) is 10.5 Å². The fourth-order valence-electron chi connectivity index (χ4n) is 3.65. The van der Waals surface area contributed by atoms with Crippen molar-refractivity contribution in [1.29, 1.82) is 0 Å². The number of aromatic nitrogens is 1. The second-order valence-corrected chi connectivity index (χ2v) is 7.22. The molecule has 1 atom stereocenters. The van der Waals surface area contributed by atoms with Gasteiger partial charge in [-0.25, -0.2) is 9.78 Å². The van der Waals surface area contributed by atoms with E-state index >= 15 is 0 Å². The summed E-state index contributed by atoms with van der Waals surface area (Å²) in [5.74, 6) is -0.674. The summed E-state index contributed by atoms with van der Waals surface area (Å²) in [6, 6.07) is 11.4. The van der Waals surface area contributed by atoms with Gasteiger partial charge in [-0.2, -0.15) is 0 Å². The molecule has 4 rings (SSSR count). The Kier molecular flexibility index (Phi) is 5.85. The van der Waals surface area contributed by atoms with Crippen LogP contribution < -0.4 is 5.73 Å². The summed E-state index contributed by atoms with van der Waals surface area (Å²) in [4.78, 5) is 52.8. The summed E-state index contributed by atoms with van der Waals surface area (Å²) in [5, 5.41) is 11.1.